The van der Waals surface area contributed by atoms with E-state index < -0.39 is 0 Å². The SMILES string of the molecule is CC.CC(C)N1CCC[N-]CC1.[V]. The fourth-order valence-electron chi connectivity index (χ4n) is 1.32. The minimum absolute atomic E-state index is 0. The molecule has 0 bridgehead atoms. The average molecular weight is 222 g/mol. The topological polar surface area (TPSA) is 17.3 Å². The van der Waals surface area contributed by atoms with Gasteiger partial charge in [0.25, 0.3) is 0 Å². The second kappa shape index (κ2) is 10.6. The fourth-order valence-corrected chi connectivity index (χ4v) is 1.32. The van der Waals surface area contributed by atoms with Gasteiger partial charge in [-0.15, -0.1) is 13.1 Å². The smallest absolute Gasteiger partial charge is 0.00378 e. The number of hydrogen-bond acceptors (Lipinski definition) is 1. The Labute approximate surface area is 95.3 Å². The maximum absolute atomic E-state index is 4.36. The predicted octanol–water partition coefficient (Wildman–Crippen LogP) is 2.50. The first-order chi connectivity index (χ1) is 5.80. The molecule has 1 radical (unpaired) electrons. The average Bonchev–Trinajstić information content (AvgIpc) is 2.35. The van der Waals surface area contributed by atoms with Crippen molar-refractivity contribution < 1.29 is 18.6 Å². The molecule has 1 aliphatic heterocycles. The molecule has 0 aromatic rings. The van der Waals surface area contributed by atoms with Gasteiger partial charge in [0.05, 0.1) is 0 Å². The van der Waals surface area contributed by atoms with Crippen LogP contribution < -0.4 is 0 Å². The summed E-state index contributed by atoms with van der Waals surface area (Å²) in [4.78, 5) is 2.50. The third-order valence-corrected chi connectivity index (χ3v) is 2.04. The van der Waals surface area contributed by atoms with E-state index in [-0.39, 0.29) is 18.6 Å². The van der Waals surface area contributed by atoms with Crippen LogP contribution in [0.2, 0.25) is 0 Å². The summed E-state index contributed by atoms with van der Waals surface area (Å²) < 4.78 is 0. The molecule has 3 heteroatoms. The summed E-state index contributed by atoms with van der Waals surface area (Å²) in [7, 11) is 0. The van der Waals surface area contributed by atoms with E-state index in [0.717, 1.165) is 19.6 Å². The minimum atomic E-state index is 0. The fraction of sp³-hybridized carbons (Fsp3) is 1.00. The summed E-state index contributed by atoms with van der Waals surface area (Å²) in [5.74, 6) is 0. The van der Waals surface area contributed by atoms with E-state index >= 15 is 0 Å². The Balaban J connectivity index is 0. The molecule has 0 saturated carbocycles. The van der Waals surface area contributed by atoms with Crippen LogP contribution in [0, 0.1) is 0 Å². The van der Waals surface area contributed by atoms with Gasteiger partial charge in [0.2, 0.25) is 0 Å². The van der Waals surface area contributed by atoms with Gasteiger partial charge >= 0.3 is 0 Å². The maximum Gasteiger partial charge on any atom is 0.00378 e. The van der Waals surface area contributed by atoms with E-state index in [1.165, 1.54) is 13.0 Å². The summed E-state index contributed by atoms with van der Waals surface area (Å²) in [5.41, 5.74) is 0. The van der Waals surface area contributed by atoms with Gasteiger partial charge in [-0.2, -0.15) is 0 Å². The molecule has 0 spiro atoms. The third kappa shape index (κ3) is 7.57. The minimum Gasteiger partial charge on any atom is -0.661 e. The van der Waals surface area contributed by atoms with Gasteiger partial charge in [-0.05, 0) is 26.9 Å². The van der Waals surface area contributed by atoms with Crippen LogP contribution in [-0.4, -0.2) is 37.1 Å². The zero-order chi connectivity index (χ0) is 9.40. The van der Waals surface area contributed by atoms with Crippen LogP contribution in [0.1, 0.15) is 34.1 Å². The maximum atomic E-state index is 4.36. The van der Waals surface area contributed by atoms with Crippen molar-refractivity contribution >= 4 is 0 Å². The summed E-state index contributed by atoms with van der Waals surface area (Å²) in [6.07, 6.45) is 1.25. The van der Waals surface area contributed by atoms with Crippen molar-refractivity contribution in [3.8, 4) is 0 Å². The molecule has 0 N–H and O–H groups in total. The van der Waals surface area contributed by atoms with Crippen LogP contribution in [0.3, 0.4) is 0 Å². The molecular weight excluding hydrogens is 199 g/mol. The van der Waals surface area contributed by atoms with E-state index in [1.807, 2.05) is 13.8 Å². The first-order valence-corrected chi connectivity index (χ1v) is 5.18. The molecule has 0 amide bonds. The molecule has 0 aromatic heterocycles. The van der Waals surface area contributed by atoms with Crippen molar-refractivity contribution in [2.75, 3.05) is 26.2 Å². The van der Waals surface area contributed by atoms with Crippen LogP contribution in [0.4, 0.5) is 0 Å². The molecule has 0 aliphatic carbocycles. The second-order valence-electron chi connectivity index (χ2n) is 3.15. The van der Waals surface area contributed by atoms with Crippen molar-refractivity contribution in [3.63, 3.8) is 0 Å². The quantitative estimate of drug-likeness (QED) is 0.666. The van der Waals surface area contributed by atoms with Crippen LogP contribution in [0.5, 0.6) is 0 Å². The Morgan fingerprint density at radius 2 is 1.69 bits per heavy atom. The molecule has 2 nitrogen and oxygen atoms in total. The third-order valence-electron chi connectivity index (χ3n) is 2.04. The van der Waals surface area contributed by atoms with E-state index in [2.05, 4.69) is 24.1 Å². The van der Waals surface area contributed by atoms with Gasteiger partial charge in [-0.25, -0.2) is 0 Å². The van der Waals surface area contributed by atoms with Crippen LogP contribution >= 0.6 is 0 Å². The Bertz CT molecular complexity index is 88.9. The molecule has 0 atom stereocenters. The van der Waals surface area contributed by atoms with Crippen LogP contribution in [0.15, 0.2) is 0 Å². The number of nitrogens with zero attached hydrogens (tertiary/aromatic N) is 2. The Hall–Kier alpha value is 0.504. The molecular formula is C10H23N2V-. The number of rotatable bonds is 1. The molecule has 79 valence electrons. The van der Waals surface area contributed by atoms with Gasteiger partial charge in [0, 0.05) is 24.6 Å². The zero-order valence-corrected chi connectivity index (χ0v) is 10.9. The predicted molar refractivity (Wildman–Crippen MR) is 55.8 cm³/mol. The first kappa shape index (κ1) is 16.0. The van der Waals surface area contributed by atoms with Gasteiger partial charge in [-0.1, -0.05) is 20.3 Å². The molecule has 1 rings (SSSR count). The van der Waals surface area contributed by atoms with E-state index in [1.54, 1.807) is 0 Å². The standard InChI is InChI=1S/C8H17N2.C2H6.V/c1-8(2)10-6-3-4-9-5-7-10;1-2;/h8H,3-7H2,1-2H3;1-2H3;/q-1;;. The Kier molecular flexibility index (Phi) is 13.0. The van der Waals surface area contributed by atoms with Crippen molar-refractivity contribution in [3.05, 3.63) is 5.32 Å². The van der Waals surface area contributed by atoms with Crippen molar-refractivity contribution in [1.29, 1.82) is 0 Å². The largest absolute Gasteiger partial charge is 0.661 e. The first-order valence-electron chi connectivity index (χ1n) is 5.18. The monoisotopic (exact) mass is 222 g/mol. The zero-order valence-electron chi connectivity index (χ0n) is 9.45. The number of hydrogen-bond donors (Lipinski definition) is 0. The van der Waals surface area contributed by atoms with Crippen molar-refractivity contribution in [1.82, 2.24) is 4.90 Å². The van der Waals surface area contributed by atoms with Gasteiger partial charge in [0.1, 0.15) is 0 Å². The van der Waals surface area contributed by atoms with Gasteiger partial charge in [0.15, 0.2) is 0 Å². The normalized spacial score (nSPS) is 18.2. The van der Waals surface area contributed by atoms with Crippen molar-refractivity contribution in [2.45, 2.75) is 40.2 Å². The van der Waals surface area contributed by atoms with Crippen molar-refractivity contribution in [2.24, 2.45) is 0 Å². The molecule has 1 fully saturated rings. The summed E-state index contributed by atoms with van der Waals surface area (Å²) in [6, 6.07) is 0.702. The van der Waals surface area contributed by atoms with Crippen LogP contribution in [0.25, 0.3) is 5.32 Å². The van der Waals surface area contributed by atoms with Gasteiger partial charge in [-0.3, -0.25) is 0 Å². The van der Waals surface area contributed by atoms with E-state index in [9.17, 15) is 0 Å². The molecule has 1 saturated heterocycles. The second-order valence-corrected chi connectivity index (χ2v) is 3.15. The van der Waals surface area contributed by atoms with E-state index in [0.29, 0.717) is 6.04 Å². The molecule has 0 unspecified atom stereocenters. The van der Waals surface area contributed by atoms with Crippen LogP contribution in [-0.2, 0) is 18.6 Å². The molecule has 1 aliphatic rings. The summed E-state index contributed by atoms with van der Waals surface area (Å²) in [6.45, 7) is 13.0. The van der Waals surface area contributed by atoms with Gasteiger partial charge < -0.3 is 10.2 Å². The summed E-state index contributed by atoms with van der Waals surface area (Å²) in [5, 5.41) is 4.36. The Morgan fingerprint density at radius 3 is 2.23 bits per heavy atom. The molecule has 1 heterocycles. The summed E-state index contributed by atoms with van der Waals surface area (Å²) >= 11 is 0. The Morgan fingerprint density at radius 1 is 1.08 bits per heavy atom. The van der Waals surface area contributed by atoms with E-state index in [4.69, 9.17) is 0 Å². The molecule has 0 aromatic carbocycles. The molecule has 13 heavy (non-hydrogen) atoms.